The number of rotatable bonds is 5. The van der Waals surface area contributed by atoms with Crippen molar-refractivity contribution < 1.29 is 4.79 Å². The maximum Gasteiger partial charge on any atom is 0.225 e. The zero-order chi connectivity index (χ0) is 11.2. The van der Waals surface area contributed by atoms with Gasteiger partial charge in [0.05, 0.1) is 12.7 Å². The number of carbonyl (C=O) groups excluding carboxylic acids is 1. The second-order valence-electron chi connectivity index (χ2n) is 3.41. The van der Waals surface area contributed by atoms with Gasteiger partial charge in [-0.3, -0.25) is 4.79 Å². The van der Waals surface area contributed by atoms with Gasteiger partial charge in [0.1, 0.15) is 0 Å². The molecule has 0 unspecified atom stereocenters. The van der Waals surface area contributed by atoms with Gasteiger partial charge in [-0.25, -0.2) is 4.98 Å². The lowest BCUT2D eigenvalue weighted by atomic mass is 10.3. The van der Waals surface area contributed by atoms with Crippen LogP contribution in [0.25, 0.3) is 0 Å². The second-order valence-corrected chi connectivity index (χ2v) is 4.44. The lowest BCUT2D eigenvalue weighted by molar-refractivity contribution is -0.120. The monoisotopic (exact) mass is 235 g/mol. The average molecular weight is 235 g/mol. The SMILES string of the molecule is O=C(Cc1cccs1)NCCn1ccnc1. The van der Waals surface area contributed by atoms with E-state index >= 15 is 0 Å². The fraction of sp³-hybridized carbons (Fsp3) is 0.273. The third kappa shape index (κ3) is 3.20. The molecule has 0 aliphatic rings. The highest BCUT2D eigenvalue weighted by Crippen LogP contribution is 2.08. The van der Waals surface area contributed by atoms with Crippen LogP contribution in [0.5, 0.6) is 0 Å². The van der Waals surface area contributed by atoms with E-state index in [9.17, 15) is 4.79 Å². The fourth-order valence-corrected chi connectivity index (χ4v) is 2.08. The molecule has 0 saturated carbocycles. The van der Waals surface area contributed by atoms with Crippen LogP contribution < -0.4 is 5.32 Å². The topological polar surface area (TPSA) is 46.9 Å². The average Bonchev–Trinajstić information content (AvgIpc) is 2.90. The molecule has 84 valence electrons. The highest BCUT2D eigenvalue weighted by Gasteiger charge is 2.02. The van der Waals surface area contributed by atoms with Crippen LogP contribution in [-0.2, 0) is 17.8 Å². The molecule has 16 heavy (non-hydrogen) atoms. The summed E-state index contributed by atoms with van der Waals surface area (Å²) in [5.74, 6) is 0.0718. The first kappa shape index (κ1) is 10.9. The number of carbonyl (C=O) groups is 1. The summed E-state index contributed by atoms with van der Waals surface area (Å²) in [7, 11) is 0. The number of imidazole rings is 1. The quantitative estimate of drug-likeness (QED) is 0.849. The van der Waals surface area contributed by atoms with Gasteiger partial charge in [-0.15, -0.1) is 11.3 Å². The number of aromatic nitrogens is 2. The minimum Gasteiger partial charge on any atom is -0.354 e. The maximum absolute atomic E-state index is 11.5. The van der Waals surface area contributed by atoms with Crippen molar-refractivity contribution in [1.29, 1.82) is 0 Å². The Morgan fingerprint density at radius 2 is 2.50 bits per heavy atom. The van der Waals surface area contributed by atoms with E-state index in [1.54, 1.807) is 23.9 Å². The van der Waals surface area contributed by atoms with E-state index in [1.807, 2.05) is 28.3 Å². The van der Waals surface area contributed by atoms with Crippen molar-refractivity contribution in [3.05, 3.63) is 41.1 Å². The van der Waals surface area contributed by atoms with Crippen LogP contribution in [-0.4, -0.2) is 22.0 Å². The summed E-state index contributed by atoms with van der Waals surface area (Å²) in [6.07, 6.45) is 5.83. The maximum atomic E-state index is 11.5. The Morgan fingerprint density at radius 3 is 3.19 bits per heavy atom. The molecule has 0 aliphatic carbocycles. The lowest BCUT2D eigenvalue weighted by Crippen LogP contribution is -2.28. The molecule has 5 heteroatoms. The van der Waals surface area contributed by atoms with Gasteiger partial charge < -0.3 is 9.88 Å². The van der Waals surface area contributed by atoms with Gasteiger partial charge in [0.15, 0.2) is 0 Å². The van der Waals surface area contributed by atoms with Crippen LogP contribution in [0.1, 0.15) is 4.88 Å². The standard InChI is InChI=1S/C11H13N3OS/c15-11(8-10-2-1-7-16-10)13-4-6-14-5-3-12-9-14/h1-3,5,7,9H,4,6,8H2,(H,13,15). The van der Waals surface area contributed by atoms with Gasteiger partial charge in [-0.2, -0.15) is 0 Å². The number of nitrogens with one attached hydrogen (secondary N) is 1. The van der Waals surface area contributed by atoms with Crippen LogP contribution in [0.4, 0.5) is 0 Å². The molecular weight excluding hydrogens is 222 g/mol. The van der Waals surface area contributed by atoms with E-state index in [-0.39, 0.29) is 5.91 Å². The summed E-state index contributed by atoms with van der Waals surface area (Å²) < 4.78 is 1.94. The van der Waals surface area contributed by atoms with E-state index in [1.165, 1.54) is 0 Å². The number of hydrogen-bond donors (Lipinski definition) is 1. The molecule has 0 bridgehead atoms. The van der Waals surface area contributed by atoms with Gasteiger partial charge in [0, 0.05) is 30.4 Å². The molecule has 2 rings (SSSR count). The number of amides is 1. The largest absolute Gasteiger partial charge is 0.354 e. The normalized spacial score (nSPS) is 10.2. The molecule has 2 aromatic heterocycles. The van der Waals surface area contributed by atoms with Crippen molar-refractivity contribution in [2.24, 2.45) is 0 Å². The number of hydrogen-bond acceptors (Lipinski definition) is 3. The molecule has 0 aromatic carbocycles. The van der Waals surface area contributed by atoms with Crippen molar-refractivity contribution >= 4 is 17.2 Å². The number of nitrogens with zero attached hydrogens (tertiary/aromatic N) is 2. The molecule has 2 aromatic rings. The van der Waals surface area contributed by atoms with E-state index in [2.05, 4.69) is 10.3 Å². The van der Waals surface area contributed by atoms with E-state index < -0.39 is 0 Å². The van der Waals surface area contributed by atoms with Crippen LogP contribution in [0.2, 0.25) is 0 Å². The molecule has 0 fully saturated rings. The molecule has 0 spiro atoms. The Labute approximate surface area is 97.9 Å². The number of thiophene rings is 1. The van der Waals surface area contributed by atoms with E-state index in [4.69, 9.17) is 0 Å². The predicted molar refractivity (Wildman–Crippen MR) is 63.3 cm³/mol. The van der Waals surface area contributed by atoms with Crippen molar-refractivity contribution in [3.8, 4) is 0 Å². The van der Waals surface area contributed by atoms with Crippen LogP contribution in [0.3, 0.4) is 0 Å². The van der Waals surface area contributed by atoms with Crippen molar-refractivity contribution in [3.63, 3.8) is 0 Å². The van der Waals surface area contributed by atoms with Gasteiger partial charge in [-0.05, 0) is 11.4 Å². The summed E-state index contributed by atoms with van der Waals surface area (Å²) in [5.41, 5.74) is 0. The molecule has 2 heterocycles. The van der Waals surface area contributed by atoms with Crippen molar-refractivity contribution in [2.75, 3.05) is 6.54 Å². The van der Waals surface area contributed by atoms with Crippen molar-refractivity contribution in [1.82, 2.24) is 14.9 Å². The third-order valence-corrected chi connectivity index (χ3v) is 3.04. The van der Waals surface area contributed by atoms with E-state index in [0.29, 0.717) is 13.0 Å². The first-order valence-corrected chi connectivity index (χ1v) is 5.97. The predicted octanol–water partition coefficient (Wildman–Crippen LogP) is 1.30. The molecule has 0 saturated heterocycles. The Hall–Kier alpha value is -1.62. The van der Waals surface area contributed by atoms with Crippen LogP contribution >= 0.6 is 11.3 Å². The van der Waals surface area contributed by atoms with Gasteiger partial charge >= 0.3 is 0 Å². The molecular formula is C11H13N3OS. The molecule has 1 N–H and O–H groups in total. The highest BCUT2D eigenvalue weighted by atomic mass is 32.1. The minimum atomic E-state index is 0.0718. The zero-order valence-electron chi connectivity index (χ0n) is 8.80. The smallest absolute Gasteiger partial charge is 0.225 e. The summed E-state index contributed by atoms with van der Waals surface area (Å²) in [6.45, 7) is 1.40. The highest BCUT2D eigenvalue weighted by molar-refractivity contribution is 7.10. The summed E-state index contributed by atoms with van der Waals surface area (Å²) in [4.78, 5) is 16.5. The van der Waals surface area contributed by atoms with E-state index in [0.717, 1.165) is 11.4 Å². The van der Waals surface area contributed by atoms with Crippen LogP contribution in [0.15, 0.2) is 36.2 Å². The zero-order valence-corrected chi connectivity index (χ0v) is 9.61. The Morgan fingerprint density at radius 1 is 1.56 bits per heavy atom. The summed E-state index contributed by atoms with van der Waals surface area (Å²) in [5, 5.41) is 4.86. The van der Waals surface area contributed by atoms with Gasteiger partial charge in [0.2, 0.25) is 5.91 Å². The fourth-order valence-electron chi connectivity index (χ4n) is 1.38. The molecule has 1 amide bonds. The molecule has 0 radical (unpaired) electrons. The molecule has 4 nitrogen and oxygen atoms in total. The minimum absolute atomic E-state index is 0.0718. The molecule has 0 atom stereocenters. The van der Waals surface area contributed by atoms with Gasteiger partial charge in [-0.1, -0.05) is 6.07 Å². The Balaban J connectivity index is 1.68. The molecule has 0 aliphatic heterocycles. The second kappa shape index (κ2) is 5.46. The Bertz CT molecular complexity index is 422. The first-order chi connectivity index (χ1) is 7.84. The van der Waals surface area contributed by atoms with Crippen molar-refractivity contribution in [2.45, 2.75) is 13.0 Å². The summed E-state index contributed by atoms with van der Waals surface area (Å²) >= 11 is 1.61. The van der Waals surface area contributed by atoms with Crippen LogP contribution in [0, 0.1) is 0 Å². The summed E-state index contributed by atoms with van der Waals surface area (Å²) in [6, 6.07) is 3.93. The third-order valence-electron chi connectivity index (χ3n) is 2.17. The first-order valence-electron chi connectivity index (χ1n) is 5.09. The van der Waals surface area contributed by atoms with Gasteiger partial charge in [0.25, 0.3) is 0 Å². The Kier molecular flexibility index (Phi) is 3.71. The lowest BCUT2D eigenvalue weighted by Gasteiger charge is -2.04.